The van der Waals surface area contributed by atoms with Crippen molar-refractivity contribution in [2.75, 3.05) is 31.2 Å². The van der Waals surface area contributed by atoms with Gasteiger partial charge in [-0.25, -0.2) is 0 Å². The molecule has 6 atom stereocenters. The summed E-state index contributed by atoms with van der Waals surface area (Å²) in [4.78, 5) is 46.0. The molecule has 3 aliphatic rings. The van der Waals surface area contributed by atoms with Crippen LogP contribution in [0.15, 0.2) is 43.5 Å². The predicted octanol–water partition coefficient (Wildman–Crippen LogP) is 4.51. The van der Waals surface area contributed by atoms with E-state index in [0.717, 1.165) is 29.7 Å². The quantitative estimate of drug-likeness (QED) is 0.202. The van der Waals surface area contributed by atoms with Crippen molar-refractivity contribution in [2.45, 2.75) is 83.5 Å². The van der Waals surface area contributed by atoms with Crippen LogP contribution in [-0.2, 0) is 23.9 Å². The molecule has 4 rings (SSSR count). The van der Waals surface area contributed by atoms with E-state index in [9.17, 15) is 19.5 Å². The maximum absolute atomic E-state index is 14.7. The molecule has 0 aromatic heterocycles. The zero-order valence-corrected chi connectivity index (χ0v) is 25.1. The fourth-order valence-corrected chi connectivity index (χ4v) is 7.46. The molecule has 2 bridgehead atoms. The summed E-state index contributed by atoms with van der Waals surface area (Å²) in [6, 6.07) is 4.98. The first kappa shape index (κ1) is 31.0. The predicted molar refractivity (Wildman–Crippen MR) is 158 cm³/mol. The minimum absolute atomic E-state index is 0.00732. The molecule has 3 heterocycles. The number of aliphatic hydroxyl groups is 1. The van der Waals surface area contributed by atoms with Gasteiger partial charge in [-0.05, 0) is 76.3 Å². The standard InChI is InChI=1S/C33H46N2O6/c1-7-9-10-13-20-40-31(39)26-25-29(37)35(18-11-12-19-36)28(33(25)21-24(5)32(26,6)41-33)30(38)34(17-8-2)27-22(3)15-14-16-23(27)4/h7-8,14-16,24-26,28,36H,1-2,9-13,17-21H2,3-6H3/t24?,25-,26+,28?,32-,33?/m0/s1. The number of ether oxygens (including phenoxy) is 2. The van der Waals surface area contributed by atoms with Gasteiger partial charge >= 0.3 is 5.97 Å². The van der Waals surface area contributed by atoms with Gasteiger partial charge in [0.15, 0.2) is 0 Å². The van der Waals surface area contributed by atoms with Crippen molar-refractivity contribution in [2.24, 2.45) is 17.8 Å². The highest BCUT2D eigenvalue weighted by Gasteiger charge is 2.80. The molecule has 1 aromatic rings. The minimum Gasteiger partial charge on any atom is -0.465 e. The number of nitrogens with zero attached hydrogens (tertiary/aromatic N) is 2. The van der Waals surface area contributed by atoms with Crippen molar-refractivity contribution in [3.8, 4) is 0 Å². The third kappa shape index (κ3) is 5.25. The Labute approximate surface area is 244 Å². The third-order valence-electron chi connectivity index (χ3n) is 9.44. The number of benzene rings is 1. The number of aryl methyl sites for hydroxylation is 2. The molecule has 224 valence electrons. The average Bonchev–Trinajstić information content (AvgIpc) is 3.44. The van der Waals surface area contributed by atoms with Gasteiger partial charge in [-0.3, -0.25) is 14.4 Å². The highest BCUT2D eigenvalue weighted by Crippen LogP contribution is 2.65. The van der Waals surface area contributed by atoms with Crippen LogP contribution in [0, 0.1) is 31.6 Å². The number of para-hydroxylation sites is 1. The van der Waals surface area contributed by atoms with Crippen molar-refractivity contribution in [1.82, 2.24) is 4.90 Å². The number of amides is 2. The first-order chi connectivity index (χ1) is 19.6. The smallest absolute Gasteiger partial charge is 0.312 e. The van der Waals surface area contributed by atoms with Crippen LogP contribution in [0.1, 0.15) is 63.5 Å². The highest BCUT2D eigenvalue weighted by atomic mass is 16.6. The Bertz CT molecular complexity index is 1160. The number of fused-ring (bicyclic) bond motifs is 1. The maximum atomic E-state index is 14.7. The number of rotatable bonds is 14. The molecule has 3 unspecified atom stereocenters. The molecule has 3 saturated heterocycles. The van der Waals surface area contributed by atoms with Gasteiger partial charge in [0, 0.05) is 25.4 Å². The number of hydrogen-bond acceptors (Lipinski definition) is 6. The van der Waals surface area contributed by atoms with E-state index in [2.05, 4.69) is 13.2 Å². The van der Waals surface area contributed by atoms with Gasteiger partial charge in [0.2, 0.25) is 5.91 Å². The molecule has 2 amide bonds. The molecule has 41 heavy (non-hydrogen) atoms. The number of unbranched alkanes of at least 4 members (excludes halogenated alkanes) is 3. The number of aliphatic hydroxyl groups excluding tert-OH is 1. The number of allylic oxidation sites excluding steroid dienone is 1. The van der Waals surface area contributed by atoms with E-state index in [1.54, 1.807) is 15.9 Å². The first-order valence-corrected chi connectivity index (χ1v) is 15.0. The van der Waals surface area contributed by atoms with Crippen molar-refractivity contribution < 1.29 is 29.0 Å². The second-order valence-electron chi connectivity index (χ2n) is 12.1. The number of likely N-dealkylation sites (tertiary alicyclic amines) is 1. The zero-order valence-electron chi connectivity index (χ0n) is 25.1. The molecular weight excluding hydrogens is 520 g/mol. The van der Waals surface area contributed by atoms with Gasteiger partial charge in [-0.15, -0.1) is 13.2 Å². The fraction of sp³-hybridized carbons (Fsp3) is 0.606. The van der Waals surface area contributed by atoms with E-state index >= 15 is 0 Å². The summed E-state index contributed by atoms with van der Waals surface area (Å²) in [5, 5.41) is 9.45. The molecule has 0 saturated carbocycles. The molecule has 1 spiro atoms. The van der Waals surface area contributed by atoms with Gasteiger partial charge < -0.3 is 24.4 Å². The largest absolute Gasteiger partial charge is 0.465 e. The summed E-state index contributed by atoms with van der Waals surface area (Å²) in [6.07, 6.45) is 7.47. The Morgan fingerprint density at radius 3 is 2.51 bits per heavy atom. The molecular formula is C33H46N2O6. The Kier molecular flexibility index (Phi) is 9.44. The van der Waals surface area contributed by atoms with Crippen molar-refractivity contribution in [3.63, 3.8) is 0 Å². The van der Waals surface area contributed by atoms with Crippen LogP contribution >= 0.6 is 0 Å². The second-order valence-corrected chi connectivity index (χ2v) is 12.1. The number of carbonyl (C=O) groups is 3. The lowest BCUT2D eigenvalue weighted by molar-refractivity contribution is -0.161. The van der Waals surface area contributed by atoms with Crippen molar-refractivity contribution in [1.29, 1.82) is 0 Å². The Morgan fingerprint density at radius 2 is 1.88 bits per heavy atom. The van der Waals surface area contributed by atoms with E-state index in [-0.39, 0.29) is 37.5 Å². The monoisotopic (exact) mass is 566 g/mol. The number of carbonyl (C=O) groups excluding carboxylic acids is 3. The SMILES string of the molecule is C=CCCCCOC(=O)[C@H]1[C@H]2C(=O)N(CCCCO)C(C(=O)N(CC=C)c3c(C)cccc3C)C23CC(C)[C@]1(C)O3. The summed E-state index contributed by atoms with van der Waals surface area (Å²) in [5.41, 5.74) is 0.614. The molecule has 8 heteroatoms. The van der Waals surface area contributed by atoms with E-state index in [1.165, 1.54) is 0 Å². The van der Waals surface area contributed by atoms with Crippen LogP contribution < -0.4 is 4.90 Å². The van der Waals surface area contributed by atoms with Gasteiger partial charge in [0.25, 0.3) is 5.91 Å². The molecule has 0 aliphatic carbocycles. The Morgan fingerprint density at radius 1 is 1.17 bits per heavy atom. The number of anilines is 1. The summed E-state index contributed by atoms with van der Waals surface area (Å²) >= 11 is 0. The van der Waals surface area contributed by atoms with Crippen LogP contribution in [-0.4, -0.2) is 71.3 Å². The Hall–Kier alpha value is -2.97. The van der Waals surface area contributed by atoms with Crippen LogP contribution in [0.2, 0.25) is 0 Å². The second kappa shape index (κ2) is 12.5. The van der Waals surface area contributed by atoms with E-state index in [0.29, 0.717) is 32.2 Å². The average molecular weight is 567 g/mol. The van der Waals surface area contributed by atoms with Gasteiger partial charge in [0.05, 0.1) is 18.1 Å². The topological polar surface area (TPSA) is 96.4 Å². The molecule has 1 aromatic carbocycles. The first-order valence-electron chi connectivity index (χ1n) is 15.0. The van der Waals surface area contributed by atoms with Gasteiger partial charge in [0.1, 0.15) is 17.6 Å². The normalized spacial score (nSPS) is 29.9. The van der Waals surface area contributed by atoms with Crippen molar-refractivity contribution >= 4 is 23.5 Å². The van der Waals surface area contributed by atoms with Gasteiger partial charge in [-0.2, -0.15) is 0 Å². The minimum atomic E-state index is -1.15. The zero-order chi connectivity index (χ0) is 29.9. The lowest BCUT2D eigenvalue weighted by Crippen LogP contribution is -2.57. The van der Waals surface area contributed by atoms with Crippen molar-refractivity contribution in [3.05, 3.63) is 54.6 Å². The third-order valence-corrected chi connectivity index (χ3v) is 9.44. The molecule has 3 fully saturated rings. The molecule has 8 nitrogen and oxygen atoms in total. The molecule has 0 radical (unpaired) electrons. The summed E-state index contributed by atoms with van der Waals surface area (Å²) < 4.78 is 12.6. The summed E-state index contributed by atoms with van der Waals surface area (Å²) in [6.45, 7) is 16.3. The van der Waals surface area contributed by atoms with Crippen LogP contribution in [0.25, 0.3) is 0 Å². The van der Waals surface area contributed by atoms with Gasteiger partial charge in [-0.1, -0.05) is 37.3 Å². The Balaban J connectivity index is 1.75. The lowest BCUT2D eigenvalue weighted by atomic mass is 9.62. The maximum Gasteiger partial charge on any atom is 0.312 e. The lowest BCUT2D eigenvalue weighted by Gasteiger charge is -2.38. The van der Waals surface area contributed by atoms with Crippen LogP contribution in [0.3, 0.4) is 0 Å². The molecule has 3 aliphatic heterocycles. The molecule has 1 N–H and O–H groups in total. The van der Waals surface area contributed by atoms with Crippen LogP contribution in [0.4, 0.5) is 5.69 Å². The summed E-state index contributed by atoms with van der Waals surface area (Å²) in [5.74, 6) is -2.59. The van der Waals surface area contributed by atoms with Crippen LogP contribution in [0.5, 0.6) is 0 Å². The highest BCUT2D eigenvalue weighted by molar-refractivity contribution is 6.05. The summed E-state index contributed by atoms with van der Waals surface area (Å²) in [7, 11) is 0. The number of esters is 1. The number of hydrogen-bond donors (Lipinski definition) is 1. The van der Waals surface area contributed by atoms with E-state index < -0.39 is 35.0 Å². The van der Waals surface area contributed by atoms with E-state index in [1.807, 2.05) is 52.0 Å². The fourth-order valence-electron chi connectivity index (χ4n) is 7.46. The van der Waals surface area contributed by atoms with E-state index in [4.69, 9.17) is 9.47 Å².